The molecular weight excluding hydrogens is 378 g/mol. The van der Waals surface area contributed by atoms with Crippen molar-refractivity contribution in [2.75, 3.05) is 0 Å². The van der Waals surface area contributed by atoms with E-state index in [9.17, 15) is 0 Å². The molecule has 0 saturated carbocycles. The smallest absolute Gasteiger partial charge is 1.00 e. The van der Waals surface area contributed by atoms with Crippen LogP contribution in [0, 0.1) is 0 Å². The van der Waals surface area contributed by atoms with Crippen LogP contribution in [0.15, 0.2) is 53.5 Å². The van der Waals surface area contributed by atoms with Crippen LogP contribution in [0.5, 0.6) is 0 Å². The van der Waals surface area contributed by atoms with Gasteiger partial charge in [0.15, 0.2) is 0 Å². The Morgan fingerprint density at radius 2 is 1.43 bits per heavy atom. The number of benzene rings is 1. The molecule has 1 aromatic rings. The van der Waals surface area contributed by atoms with E-state index < -0.39 is 0 Å². The average molecular weight is 392 g/mol. The zero-order chi connectivity index (χ0) is 12.5. The average Bonchev–Trinajstić information content (AvgIpc) is 3.03. The van der Waals surface area contributed by atoms with E-state index in [2.05, 4.69) is 69.0 Å². The standard InChI is InChI=1S/C16H13S.3ClH.Ti/c17-15-11-5-10-14(12-6-1-2-7-12)16(15)13-8-3-4-9-13;;;;/h1-6,8,10,17H,7,9H2;3*1H;/q;;;;+3/p-3. The van der Waals surface area contributed by atoms with Gasteiger partial charge in [0, 0.05) is 0 Å². The first-order chi connectivity index (χ1) is 8.77. The third-order valence-corrected chi connectivity index (χ3v) is 4.83. The van der Waals surface area contributed by atoms with Crippen molar-refractivity contribution in [3.05, 3.63) is 59.7 Å². The zero-order valence-corrected chi connectivity index (χ0v) is 15.8. The third-order valence-electron chi connectivity index (χ3n) is 3.39. The maximum Gasteiger partial charge on any atom is -1.00 e. The second-order valence-corrected chi connectivity index (χ2v) is 5.82. The molecule has 0 unspecified atom stereocenters. The van der Waals surface area contributed by atoms with Gasteiger partial charge in [0.25, 0.3) is 0 Å². The molecule has 0 amide bonds. The van der Waals surface area contributed by atoms with Crippen molar-refractivity contribution in [2.45, 2.75) is 17.7 Å². The fourth-order valence-corrected chi connectivity index (χ4v) is 3.13. The Morgan fingerprint density at radius 1 is 0.857 bits per heavy atom. The normalized spacial score (nSPS) is 14.8. The molecule has 0 heterocycles. The van der Waals surface area contributed by atoms with Crippen molar-refractivity contribution in [3.8, 4) is 0 Å². The molecule has 0 saturated heterocycles. The Morgan fingerprint density at radius 3 is 1.95 bits per heavy atom. The summed E-state index contributed by atoms with van der Waals surface area (Å²) < 4.78 is 1.25. The maximum absolute atomic E-state index is 4.73. The van der Waals surface area contributed by atoms with E-state index in [1.807, 2.05) is 0 Å². The summed E-state index contributed by atoms with van der Waals surface area (Å²) in [6, 6.07) is 4.41. The van der Waals surface area contributed by atoms with Gasteiger partial charge in [-0.15, -0.1) is 0 Å². The molecule has 0 fully saturated rings. The Labute approximate surface area is 161 Å². The summed E-state index contributed by atoms with van der Waals surface area (Å²) >= 11 is 6.86. The summed E-state index contributed by atoms with van der Waals surface area (Å²) in [5, 5.41) is 0. The van der Waals surface area contributed by atoms with E-state index in [0.29, 0.717) is 0 Å². The SMILES string of the molecule is Sc1[c]([Ti+3])ccc(C2=CC=CC2)c1C1=CC=CC1.[Cl-].[Cl-].[Cl-]. The van der Waals surface area contributed by atoms with Gasteiger partial charge in [-0.2, -0.15) is 0 Å². The minimum atomic E-state index is 0. The molecule has 0 aliphatic heterocycles. The molecule has 1 aromatic carbocycles. The van der Waals surface area contributed by atoms with E-state index in [1.54, 1.807) is 0 Å². The summed E-state index contributed by atoms with van der Waals surface area (Å²) in [5.74, 6) is 0. The number of rotatable bonds is 2. The topological polar surface area (TPSA) is 0 Å². The number of thiol groups is 1. The Hall–Kier alpha value is 0.114. The molecule has 0 nitrogen and oxygen atoms in total. The number of hydrogen-bond acceptors (Lipinski definition) is 1. The summed E-state index contributed by atoms with van der Waals surface area (Å²) in [4.78, 5) is 1.12. The largest absolute Gasteiger partial charge is 1.00 e. The van der Waals surface area contributed by atoms with Crippen molar-refractivity contribution < 1.29 is 57.7 Å². The molecule has 0 N–H and O–H groups in total. The van der Waals surface area contributed by atoms with Gasteiger partial charge in [-0.25, -0.2) is 0 Å². The molecule has 21 heavy (non-hydrogen) atoms. The summed E-state index contributed by atoms with van der Waals surface area (Å²) in [6.45, 7) is 0. The van der Waals surface area contributed by atoms with Gasteiger partial charge < -0.3 is 37.2 Å². The molecular formula is C16H13Cl3STi. The van der Waals surface area contributed by atoms with Gasteiger partial charge in [0.05, 0.1) is 0 Å². The van der Waals surface area contributed by atoms with Crippen LogP contribution in [0.4, 0.5) is 0 Å². The molecule has 0 aromatic heterocycles. The van der Waals surface area contributed by atoms with E-state index in [4.69, 9.17) is 12.6 Å². The van der Waals surface area contributed by atoms with Crippen molar-refractivity contribution in [2.24, 2.45) is 0 Å². The first-order valence-corrected chi connectivity index (χ1v) is 7.30. The first-order valence-electron chi connectivity index (χ1n) is 6.07. The summed E-state index contributed by atoms with van der Waals surface area (Å²) in [7, 11) is 0. The number of allylic oxidation sites excluding steroid dienone is 8. The predicted octanol–water partition coefficient (Wildman–Crippen LogP) is -5.15. The molecule has 0 spiro atoms. The Balaban J connectivity index is 0.00000133. The number of hydrogen-bond donors (Lipinski definition) is 1. The molecule has 2 aliphatic carbocycles. The maximum atomic E-state index is 4.73. The van der Waals surface area contributed by atoms with Gasteiger partial charge in [-0.05, 0) is 0 Å². The van der Waals surface area contributed by atoms with E-state index in [0.717, 1.165) is 17.7 Å². The summed E-state index contributed by atoms with van der Waals surface area (Å²) in [5.41, 5.74) is 5.43. The van der Waals surface area contributed by atoms with Crippen molar-refractivity contribution >= 4 is 27.6 Å². The second-order valence-electron chi connectivity index (χ2n) is 4.53. The fourth-order valence-electron chi connectivity index (χ4n) is 2.46. The Bertz CT molecular complexity index is 631. The molecule has 5 heteroatoms. The molecule has 108 valence electrons. The quantitative estimate of drug-likeness (QED) is 0.378. The molecule has 0 atom stereocenters. The van der Waals surface area contributed by atoms with Crippen LogP contribution in [0.3, 0.4) is 0 Å². The minimum absolute atomic E-state index is 0. The van der Waals surface area contributed by atoms with Gasteiger partial charge >= 0.3 is 126 Å². The van der Waals surface area contributed by atoms with Crippen LogP contribution in [0.1, 0.15) is 24.0 Å². The molecule has 3 rings (SSSR count). The van der Waals surface area contributed by atoms with Gasteiger partial charge in [-0.1, -0.05) is 0 Å². The fraction of sp³-hybridized carbons (Fsp3) is 0.125. The van der Waals surface area contributed by atoms with Crippen molar-refractivity contribution in [1.82, 2.24) is 0 Å². The van der Waals surface area contributed by atoms with E-state index in [-0.39, 0.29) is 37.2 Å². The van der Waals surface area contributed by atoms with Crippen molar-refractivity contribution in [3.63, 3.8) is 0 Å². The van der Waals surface area contributed by atoms with E-state index in [1.165, 1.54) is 26.1 Å². The van der Waals surface area contributed by atoms with Gasteiger partial charge in [0.1, 0.15) is 0 Å². The summed E-state index contributed by atoms with van der Waals surface area (Å²) in [6.07, 6.45) is 15.2. The molecule has 0 radical (unpaired) electrons. The van der Waals surface area contributed by atoms with Crippen LogP contribution in [0.25, 0.3) is 11.1 Å². The third kappa shape index (κ3) is 4.31. The van der Waals surface area contributed by atoms with E-state index >= 15 is 0 Å². The minimum Gasteiger partial charge on any atom is -1.00 e. The van der Waals surface area contributed by atoms with Gasteiger partial charge in [-0.3, -0.25) is 0 Å². The second kappa shape index (κ2) is 9.30. The van der Waals surface area contributed by atoms with Crippen LogP contribution < -0.4 is 41.1 Å². The van der Waals surface area contributed by atoms with Crippen LogP contribution >= 0.6 is 12.6 Å². The van der Waals surface area contributed by atoms with Crippen molar-refractivity contribution in [1.29, 1.82) is 0 Å². The Kier molecular flexibility index (Phi) is 9.35. The first kappa shape index (κ1) is 21.1. The monoisotopic (exact) mass is 390 g/mol. The van der Waals surface area contributed by atoms with Crippen LogP contribution in [-0.2, 0) is 20.4 Å². The zero-order valence-electron chi connectivity index (χ0n) is 11.1. The van der Waals surface area contributed by atoms with Gasteiger partial charge in [0.2, 0.25) is 0 Å². The van der Waals surface area contributed by atoms with Crippen LogP contribution in [-0.4, -0.2) is 0 Å². The number of halogens is 3. The molecule has 0 bridgehead atoms. The predicted molar refractivity (Wildman–Crippen MR) is 76.8 cm³/mol. The molecule has 2 aliphatic rings. The van der Waals surface area contributed by atoms with Crippen LogP contribution in [0.2, 0.25) is 0 Å².